The zero-order valence-corrected chi connectivity index (χ0v) is 14.7. The molecule has 0 unspecified atom stereocenters. The van der Waals surface area contributed by atoms with Gasteiger partial charge >= 0.3 is 12.0 Å². The van der Waals surface area contributed by atoms with Crippen molar-refractivity contribution < 1.29 is 19.1 Å². The third kappa shape index (κ3) is 4.33. The normalized spacial score (nSPS) is 11.6. The van der Waals surface area contributed by atoms with Crippen molar-refractivity contribution in [1.29, 1.82) is 0 Å². The third-order valence-electron chi connectivity index (χ3n) is 3.89. The van der Waals surface area contributed by atoms with E-state index in [1.165, 1.54) is 0 Å². The molecule has 27 heavy (non-hydrogen) atoms. The van der Waals surface area contributed by atoms with Gasteiger partial charge in [-0.25, -0.2) is 9.59 Å². The summed E-state index contributed by atoms with van der Waals surface area (Å²) in [5.41, 5.74) is 1.47. The Balaban J connectivity index is 1.83. The molecule has 3 rings (SSSR count). The minimum Gasteiger partial charge on any atom is -0.443 e. The number of imide groups is 1. The highest BCUT2D eigenvalue weighted by atomic mass is 16.5. The number of aromatic nitrogens is 1. The lowest BCUT2D eigenvalue weighted by Crippen LogP contribution is -2.42. The number of urea groups is 1. The van der Waals surface area contributed by atoms with E-state index in [4.69, 9.17) is 4.74 Å². The Labute approximate surface area is 155 Å². The van der Waals surface area contributed by atoms with Gasteiger partial charge in [0, 0.05) is 23.0 Å². The first-order valence-electron chi connectivity index (χ1n) is 8.51. The van der Waals surface area contributed by atoms with Gasteiger partial charge in [-0.1, -0.05) is 48.5 Å². The van der Waals surface area contributed by atoms with Crippen LogP contribution in [0.4, 0.5) is 4.79 Å². The second-order valence-corrected chi connectivity index (χ2v) is 5.82. The summed E-state index contributed by atoms with van der Waals surface area (Å²) in [6.07, 6.45) is -1.26. The first-order chi connectivity index (χ1) is 13.1. The number of nitrogens with one attached hydrogen (secondary N) is 3. The molecule has 3 aromatic rings. The molecule has 3 amide bonds. The van der Waals surface area contributed by atoms with Crippen LogP contribution in [0.2, 0.25) is 0 Å². The van der Waals surface area contributed by atoms with Gasteiger partial charge in [-0.3, -0.25) is 10.1 Å². The number of para-hydroxylation sites is 1. The molecule has 0 bridgehead atoms. The molecule has 0 aliphatic rings. The Hall–Kier alpha value is -3.61. The van der Waals surface area contributed by atoms with Gasteiger partial charge in [-0.05, 0) is 19.1 Å². The molecular formula is C20H19N3O4. The Kier molecular flexibility index (Phi) is 5.51. The van der Waals surface area contributed by atoms with Crippen LogP contribution in [0.1, 0.15) is 29.1 Å². The Morgan fingerprint density at radius 2 is 1.74 bits per heavy atom. The molecule has 1 heterocycles. The van der Waals surface area contributed by atoms with E-state index in [0.29, 0.717) is 12.1 Å². The van der Waals surface area contributed by atoms with Crippen LogP contribution in [0.5, 0.6) is 0 Å². The van der Waals surface area contributed by atoms with Gasteiger partial charge in [0.15, 0.2) is 0 Å². The molecule has 7 heteroatoms. The highest BCUT2D eigenvalue weighted by Gasteiger charge is 2.27. The van der Waals surface area contributed by atoms with Gasteiger partial charge in [-0.2, -0.15) is 0 Å². The molecule has 2 aromatic carbocycles. The highest BCUT2D eigenvalue weighted by Crippen LogP contribution is 2.21. The van der Waals surface area contributed by atoms with Gasteiger partial charge in [0.2, 0.25) is 6.10 Å². The minimum atomic E-state index is -1.26. The quantitative estimate of drug-likeness (QED) is 0.605. The summed E-state index contributed by atoms with van der Waals surface area (Å²) < 4.78 is 5.43. The van der Waals surface area contributed by atoms with Gasteiger partial charge in [0.1, 0.15) is 5.69 Å². The first-order valence-corrected chi connectivity index (χ1v) is 8.51. The van der Waals surface area contributed by atoms with Gasteiger partial charge in [0.25, 0.3) is 5.91 Å². The summed E-state index contributed by atoms with van der Waals surface area (Å²) >= 11 is 0. The SMILES string of the molecule is CCNC(=O)NC(=O)[C@H](OC(=O)c1cc2ccccc2[nH]1)c1ccccc1. The summed E-state index contributed by atoms with van der Waals surface area (Å²) in [5.74, 6) is -1.41. The van der Waals surface area contributed by atoms with Crippen LogP contribution in [0, 0.1) is 0 Å². The molecule has 138 valence electrons. The second kappa shape index (κ2) is 8.18. The molecule has 0 saturated carbocycles. The topological polar surface area (TPSA) is 100 Å². The summed E-state index contributed by atoms with van der Waals surface area (Å²) in [7, 11) is 0. The van der Waals surface area contributed by atoms with Crippen molar-refractivity contribution in [2.75, 3.05) is 6.54 Å². The largest absolute Gasteiger partial charge is 0.443 e. The number of amides is 3. The number of benzene rings is 2. The number of carbonyl (C=O) groups excluding carboxylic acids is 3. The number of rotatable bonds is 5. The van der Waals surface area contributed by atoms with Crippen molar-refractivity contribution in [3.8, 4) is 0 Å². The predicted octanol–water partition coefficient (Wildman–Crippen LogP) is 2.91. The average molecular weight is 365 g/mol. The fourth-order valence-corrected chi connectivity index (χ4v) is 2.64. The Morgan fingerprint density at radius 3 is 2.44 bits per heavy atom. The molecule has 3 N–H and O–H groups in total. The molecule has 1 atom stereocenters. The third-order valence-corrected chi connectivity index (χ3v) is 3.89. The van der Waals surface area contributed by atoms with Crippen molar-refractivity contribution in [2.45, 2.75) is 13.0 Å². The van der Waals surface area contributed by atoms with Crippen LogP contribution in [0.15, 0.2) is 60.7 Å². The number of hydrogen-bond acceptors (Lipinski definition) is 4. The molecule has 0 saturated heterocycles. The molecule has 0 radical (unpaired) electrons. The number of esters is 1. The van der Waals surface area contributed by atoms with Crippen molar-refractivity contribution in [3.05, 3.63) is 71.9 Å². The maximum atomic E-state index is 12.6. The fraction of sp³-hybridized carbons (Fsp3) is 0.150. The van der Waals surface area contributed by atoms with Crippen LogP contribution in [0.25, 0.3) is 10.9 Å². The molecule has 0 spiro atoms. The average Bonchev–Trinajstić information content (AvgIpc) is 3.11. The predicted molar refractivity (Wildman–Crippen MR) is 100 cm³/mol. The van der Waals surface area contributed by atoms with Gasteiger partial charge in [0.05, 0.1) is 0 Å². The van der Waals surface area contributed by atoms with Crippen LogP contribution in [0.3, 0.4) is 0 Å². The van der Waals surface area contributed by atoms with E-state index in [1.807, 2.05) is 24.3 Å². The van der Waals surface area contributed by atoms with E-state index >= 15 is 0 Å². The summed E-state index contributed by atoms with van der Waals surface area (Å²) in [4.78, 5) is 39.7. The Morgan fingerprint density at radius 1 is 1.04 bits per heavy atom. The van der Waals surface area contributed by atoms with E-state index in [2.05, 4.69) is 15.6 Å². The number of carbonyl (C=O) groups is 3. The number of ether oxygens (including phenoxy) is 1. The zero-order valence-electron chi connectivity index (χ0n) is 14.7. The second-order valence-electron chi connectivity index (χ2n) is 5.82. The number of hydrogen-bond donors (Lipinski definition) is 3. The Bertz CT molecular complexity index is 933. The monoisotopic (exact) mass is 365 g/mol. The summed E-state index contributed by atoms with van der Waals surface area (Å²) in [5, 5.41) is 5.51. The molecule has 1 aromatic heterocycles. The smallest absolute Gasteiger partial charge is 0.355 e. The van der Waals surface area contributed by atoms with Gasteiger partial charge < -0.3 is 15.0 Å². The van der Waals surface area contributed by atoms with Crippen molar-refractivity contribution in [1.82, 2.24) is 15.6 Å². The fourth-order valence-electron chi connectivity index (χ4n) is 2.64. The van der Waals surface area contributed by atoms with Crippen LogP contribution in [-0.4, -0.2) is 29.4 Å². The van der Waals surface area contributed by atoms with E-state index in [0.717, 1.165) is 10.9 Å². The summed E-state index contributed by atoms with van der Waals surface area (Å²) in [6.45, 7) is 2.10. The molecule has 0 fully saturated rings. The maximum absolute atomic E-state index is 12.6. The van der Waals surface area contributed by atoms with Crippen LogP contribution in [-0.2, 0) is 9.53 Å². The maximum Gasteiger partial charge on any atom is 0.355 e. The van der Waals surface area contributed by atoms with Crippen molar-refractivity contribution in [2.24, 2.45) is 0 Å². The van der Waals surface area contributed by atoms with E-state index < -0.39 is 24.0 Å². The molecular weight excluding hydrogens is 346 g/mol. The standard InChI is InChI=1S/C20H19N3O4/c1-2-21-20(26)23-18(24)17(13-8-4-3-5-9-13)27-19(25)16-12-14-10-6-7-11-15(14)22-16/h3-12,17,22H,2H2,1H3,(H2,21,23,24,26)/t17-/m1/s1. The lowest BCUT2D eigenvalue weighted by Gasteiger charge is -2.17. The summed E-state index contributed by atoms with van der Waals surface area (Å²) in [6, 6.07) is 16.9. The van der Waals surface area contributed by atoms with Crippen LogP contribution >= 0.6 is 0 Å². The highest BCUT2D eigenvalue weighted by molar-refractivity contribution is 6.00. The van der Waals surface area contributed by atoms with Gasteiger partial charge in [-0.15, -0.1) is 0 Å². The number of fused-ring (bicyclic) bond motifs is 1. The van der Waals surface area contributed by atoms with E-state index in [1.54, 1.807) is 43.3 Å². The minimum absolute atomic E-state index is 0.225. The number of H-pyrrole nitrogens is 1. The zero-order chi connectivity index (χ0) is 19.2. The lowest BCUT2D eigenvalue weighted by atomic mass is 10.1. The van der Waals surface area contributed by atoms with Crippen molar-refractivity contribution >= 4 is 28.8 Å². The first kappa shape index (κ1) is 18.2. The lowest BCUT2D eigenvalue weighted by molar-refractivity contribution is -0.129. The van der Waals surface area contributed by atoms with Crippen molar-refractivity contribution in [3.63, 3.8) is 0 Å². The molecule has 7 nitrogen and oxygen atoms in total. The van der Waals surface area contributed by atoms with Crippen LogP contribution < -0.4 is 10.6 Å². The van der Waals surface area contributed by atoms with E-state index in [-0.39, 0.29) is 5.69 Å². The molecule has 0 aliphatic heterocycles. The van der Waals surface area contributed by atoms with E-state index in [9.17, 15) is 14.4 Å². The number of aromatic amines is 1. The molecule has 0 aliphatic carbocycles.